The summed E-state index contributed by atoms with van der Waals surface area (Å²) in [7, 11) is 0. The van der Waals surface area contributed by atoms with Gasteiger partial charge < -0.3 is 16.0 Å². The van der Waals surface area contributed by atoms with Gasteiger partial charge in [0.15, 0.2) is 0 Å². The summed E-state index contributed by atoms with van der Waals surface area (Å²) in [5, 5.41) is 3.78. The number of likely N-dealkylation sites (tertiary alicyclic amines) is 1. The first-order valence-electron chi connectivity index (χ1n) is 10.0. The number of anilines is 2. The van der Waals surface area contributed by atoms with Crippen molar-refractivity contribution < 1.29 is 9.59 Å². The number of fused-ring (bicyclic) bond motifs is 1. The monoisotopic (exact) mass is 423 g/mol. The van der Waals surface area contributed by atoms with E-state index in [2.05, 4.69) is 33.7 Å². The molecule has 0 spiro atoms. The maximum atomic E-state index is 13.1. The van der Waals surface area contributed by atoms with Crippen LogP contribution in [0, 0.1) is 19.8 Å². The van der Waals surface area contributed by atoms with Gasteiger partial charge in [0, 0.05) is 11.9 Å². The second kappa shape index (κ2) is 8.02. The largest absolute Gasteiger partial charge is 0.383 e. The molecule has 4 rings (SSSR count). The number of benzene rings is 1. The number of piperidine rings is 1. The van der Waals surface area contributed by atoms with Crippen LogP contribution in [0.5, 0.6) is 0 Å². The van der Waals surface area contributed by atoms with Gasteiger partial charge in [-0.3, -0.25) is 9.59 Å². The van der Waals surface area contributed by atoms with E-state index in [1.54, 1.807) is 17.9 Å². The third kappa shape index (κ3) is 3.87. The third-order valence-electron chi connectivity index (χ3n) is 5.71. The summed E-state index contributed by atoms with van der Waals surface area (Å²) in [6, 6.07) is 7.80. The van der Waals surface area contributed by atoms with E-state index in [0.29, 0.717) is 24.0 Å². The minimum absolute atomic E-state index is 0.130. The van der Waals surface area contributed by atoms with Crippen molar-refractivity contribution in [2.45, 2.75) is 39.7 Å². The molecule has 2 amide bonds. The van der Waals surface area contributed by atoms with Gasteiger partial charge in [0.25, 0.3) is 0 Å². The van der Waals surface area contributed by atoms with Crippen LogP contribution in [0.1, 0.15) is 42.6 Å². The third-order valence-corrected chi connectivity index (χ3v) is 6.63. The molecule has 1 fully saturated rings. The highest BCUT2D eigenvalue weighted by Crippen LogP contribution is 2.36. The molecule has 0 aliphatic carbocycles. The van der Waals surface area contributed by atoms with Crippen LogP contribution < -0.4 is 11.1 Å². The number of amides is 2. The Kier molecular flexibility index (Phi) is 5.42. The highest BCUT2D eigenvalue weighted by molar-refractivity contribution is 7.13. The van der Waals surface area contributed by atoms with Crippen molar-refractivity contribution in [1.29, 1.82) is 0 Å². The fourth-order valence-corrected chi connectivity index (χ4v) is 4.74. The van der Waals surface area contributed by atoms with Gasteiger partial charge in [-0.15, -0.1) is 0 Å². The molecule has 3 N–H and O–H groups in total. The maximum absolute atomic E-state index is 13.1. The lowest BCUT2D eigenvalue weighted by Crippen LogP contribution is -2.46. The standard InChI is InChI=1S/C22H25N5O2S/c1-12-4-6-18(15-5-7-19-17(9-15)14(3)26-30-19)27(11-12)22(29)21(28)25-16-8-13(2)20(23)24-10-16/h5,7-10,12,18H,4,6,11H2,1-3H3,(H2,23,24)(H,25,28)/t12-,18+/m1/s1. The number of nitrogens with zero attached hydrogens (tertiary/aromatic N) is 3. The number of carbonyl (C=O) groups excluding carboxylic acids is 2. The van der Waals surface area contributed by atoms with Crippen molar-refractivity contribution in [3.8, 4) is 0 Å². The maximum Gasteiger partial charge on any atom is 0.313 e. The number of aromatic nitrogens is 2. The Morgan fingerprint density at radius 3 is 2.80 bits per heavy atom. The molecule has 2 atom stereocenters. The summed E-state index contributed by atoms with van der Waals surface area (Å²) in [6.45, 7) is 6.46. The highest BCUT2D eigenvalue weighted by Gasteiger charge is 2.34. The molecule has 2 aromatic heterocycles. The van der Waals surface area contributed by atoms with Crippen LogP contribution in [0.4, 0.5) is 11.5 Å². The van der Waals surface area contributed by atoms with Crippen molar-refractivity contribution in [3.05, 3.63) is 47.3 Å². The van der Waals surface area contributed by atoms with E-state index in [0.717, 1.165) is 39.7 Å². The SMILES string of the molecule is Cc1cc(NC(=O)C(=O)N2C[C@H](C)CC[C@H]2c2ccc3snc(C)c3c2)cnc1N. The van der Waals surface area contributed by atoms with Gasteiger partial charge in [-0.25, -0.2) is 4.98 Å². The molecule has 0 bridgehead atoms. The van der Waals surface area contributed by atoms with Crippen LogP contribution in [0.15, 0.2) is 30.5 Å². The highest BCUT2D eigenvalue weighted by atomic mass is 32.1. The summed E-state index contributed by atoms with van der Waals surface area (Å²) in [4.78, 5) is 31.6. The molecule has 0 radical (unpaired) electrons. The number of hydrogen-bond acceptors (Lipinski definition) is 6. The second-order valence-electron chi connectivity index (χ2n) is 8.06. The van der Waals surface area contributed by atoms with E-state index in [4.69, 9.17) is 5.73 Å². The normalized spacial score (nSPS) is 19.1. The van der Waals surface area contributed by atoms with Crippen LogP contribution in [-0.4, -0.2) is 32.6 Å². The Morgan fingerprint density at radius 2 is 2.03 bits per heavy atom. The van der Waals surface area contributed by atoms with Crippen LogP contribution in [0.3, 0.4) is 0 Å². The van der Waals surface area contributed by atoms with E-state index in [1.165, 1.54) is 17.7 Å². The van der Waals surface area contributed by atoms with Crippen molar-refractivity contribution in [3.63, 3.8) is 0 Å². The van der Waals surface area contributed by atoms with Gasteiger partial charge in [-0.05, 0) is 73.5 Å². The van der Waals surface area contributed by atoms with E-state index < -0.39 is 11.8 Å². The molecule has 0 saturated carbocycles. The predicted octanol–water partition coefficient (Wildman–Crippen LogP) is 3.83. The molecule has 30 heavy (non-hydrogen) atoms. The van der Waals surface area contributed by atoms with E-state index in [1.807, 2.05) is 13.0 Å². The Bertz CT molecular complexity index is 1130. The summed E-state index contributed by atoms with van der Waals surface area (Å²) in [6.07, 6.45) is 3.30. The Labute approximate surface area is 179 Å². The number of rotatable bonds is 2. The fourth-order valence-electron chi connectivity index (χ4n) is 3.98. The summed E-state index contributed by atoms with van der Waals surface area (Å²) in [5.74, 6) is -0.444. The van der Waals surface area contributed by atoms with E-state index in [9.17, 15) is 9.59 Å². The van der Waals surface area contributed by atoms with Crippen molar-refractivity contribution >= 4 is 44.9 Å². The number of pyridine rings is 1. The van der Waals surface area contributed by atoms with Gasteiger partial charge >= 0.3 is 11.8 Å². The number of hydrogen-bond donors (Lipinski definition) is 2. The lowest BCUT2D eigenvalue weighted by Gasteiger charge is -2.38. The quantitative estimate of drug-likeness (QED) is 0.610. The number of carbonyl (C=O) groups is 2. The summed E-state index contributed by atoms with van der Waals surface area (Å²) in [5.41, 5.74) is 8.98. The Hall–Kier alpha value is -3.00. The minimum Gasteiger partial charge on any atom is -0.383 e. The van der Waals surface area contributed by atoms with E-state index >= 15 is 0 Å². The summed E-state index contributed by atoms with van der Waals surface area (Å²) < 4.78 is 5.55. The Morgan fingerprint density at radius 1 is 1.23 bits per heavy atom. The van der Waals surface area contributed by atoms with E-state index in [-0.39, 0.29) is 6.04 Å². The topological polar surface area (TPSA) is 101 Å². The number of nitrogens with one attached hydrogen (secondary N) is 1. The number of nitrogen functional groups attached to an aromatic ring is 1. The molecule has 3 heterocycles. The molecule has 1 aromatic carbocycles. The van der Waals surface area contributed by atoms with Gasteiger partial charge in [-0.1, -0.05) is 13.0 Å². The minimum atomic E-state index is -0.658. The Balaban J connectivity index is 1.59. The first kappa shape index (κ1) is 20.3. The van der Waals surface area contributed by atoms with Gasteiger partial charge in [0.05, 0.1) is 28.3 Å². The molecular weight excluding hydrogens is 398 g/mol. The smallest absolute Gasteiger partial charge is 0.313 e. The van der Waals surface area contributed by atoms with Crippen LogP contribution >= 0.6 is 11.5 Å². The second-order valence-corrected chi connectivity index (χ2v) is 8.86. The predicted molar refractivity (Wildman–Crippen MR) is 119 cm³/mol. The molecule has 1 aliphatic heterocycles. The van der Waals surface area contributed by atoms with Crippen molar-refractivity contribution in [2.24, 2.45) is 5.92 Å². The zero-order chi connectivity index (χ0) is 21.4. The number of nitrogens with two attached hydrogens (primary N) is 1. The molecule has 0 unspecified atom stereocenters. The molecule has 1 saturated heterocycles. The lowest BCUT2D eigenvalue weighted by molar-refractivity contribution is -0.146. The summed E-state index contributed by atoms with van der Waals surface area (Å²) >= 11 is 1.48. The van der Waals surface area contributed by atoms with Crippen LogP contribution in [-0.2, 0) is 9.59 Å². The van der Waals surface area contributed by atoms with Crippen molar-refractivity contribution in [2.75, 3.05) is 17.6 Å². The molecule has 3 aromatic rings. The molecular formula is C22H25N5O2S. The zero-order valence-electron chi connectivity index (χ0n) is 17.3. The fraction of sp³-hybridized carbons (Fsp3) is 0.364. The first-order chi connectivity index (χ1) is 14.3. The molecule has 8 heteroatoms. The first-order valence-corrected chi connectivity index (χ1v) is 10.8. The van der Waals surface area contributed by atoms with Crippen molar-refractivity contribution in [1.82, 2.24) is 14.3 Å². The van der Waals surface area contributed by atoms with Gasteiger partial charge in [0.2, 0.25) is 0 Å². The zero-order valence-corrected chi connectivity index (χ0v) is 18.1. The van der Waals surface area contributed by atoms with Gasteiger partial charge in [0.1, 0.15) is 5.82 Å². The molecule has 7 nitrogen and oxygen atoms in total. The average molecular weight is 424 g/mol. The molecule has 1 aliphatic rings. The molecule has 156 valence electrons. The lowest BCUT2D eigenvalue weighted by atomic mass is 9.89. The average Bonchev–Trinajstić information content (AvgIpc) is 3.10. The number of aryl methyl sites for hydroxylation is 2. The van der Waals surface area contributed by atoms with Crippen LogP contribution in [0.25, 0.3) is 10.1 Å². The van der Waals surface area contributed by atoms with Gasteiger partial charge in [-0.2, -0.15) is 4.37 Å². The van der Waals surface area contributed by atoms with Crippen LogP contribution in [0.2, 0.25) is 0 Å².